The molecule has 7 nitrogen and oxygen atoms in total. The number of nitrogens with one attached hydrogen (secondary N) is 2. The third-order valence-electron chi connectivity index (χ3n) is 4.00. The first kappa shape index (κ1) is 19.3. The average molecular weight is 377 g/mol. The largest absolute Gasteiger partial charge is 0.390 e. The maximum absolute atomic E-state index is 12.2. The summed E-state index contributed by atoms with van der Waals surface area (Å²) < 4.78 is 49.6. The Morgan fingerprint density at radius 2 is 1.79 bits per heavy atom. The second kappa shape index (κ2) is 7.49. The third kappa shape index (κ3) is 5.00. The van der Waals surface area contributed by atoms with Crippen molar-refractivity contribution >= 4 is 19.9 Å². The molecule has 2 rings (SSSR count). The van der Waals surface area contributed by atoms with Gasteiger partial charge in [-0.15, -0.1) is 0 Å². The molecule has 1 aromatic rings. The van der Waals surface area contributed by atoms with Crippen molar-refractivity contribution in [1.82, 2.24) is 10.0 Å². The molecular weight excluding hydrogens is 352 g/mol. The highest BCUT2D eigenvalue weighted by Crippen LogP contribution is 2.17. The quantitative estimate of drug-likeness (QED) is 0.570. The number of benzene rings is 1. The van der Waals surface area contributed by atoms with E-state index in [2.05, 4.69) is 10.0 Å². The lowest BCUT2D eigenvalue weighted by Crippen LogP contribution is -2.42. The van der Waals surface area contributed by atoms with Crippen LogP contribution in [0.25, 0.3) is 0 Å². The van der Waals surface area contributed by atoms with Crippen molar-refractivity contribution < 1.29 is 21.9 Å². The Hall–Kier alpha value is -1.00. The van der Waals surface area contributed by atoms with Crippen LogP contribution < -0.4 is 10.0 Å². The number of aliphatic hydroxyl groups excluding tert-OH is 1. The van der Waals surface area contributed by atoms with Crippen LogP contribution in [0.1, 0.15) is 25.3 Å². The molecule has 1 saturated heterocycles. The molecule has 0 spiro atoms. The Morgan fingerprint density at radius 3 is 2.29 bits per heavy atom. The van der Waals surface area contributed by atoms with E-state index >= 15 is 0 Å². The van der Waals surface area contributed by atoms with E-state index < -0.39 is 32.0 Å². The van der Waals surface area contributed by atoms with Gasteiger partial charge in [0.2, 0.25) is 10.0 Å². The molecule has 0 aliphatic carbocycles. The fraction of sp³-hybridized carbons (Fsp3) is 0.600. The zero-order valence-corrected chi connectivity index (χ0v) is 15.4. The van der Waals surface area contributed by atoms with Crippen LogP contribution in [-0.4, -0.2) is 58.7 Å². The summed E-state index contributed by atoms with van der Waals surface area (Å²) in [5.41, 5.74) is 1.06. The summed E-state index contributed by atoms with van der Waals surface area (Å²) >= 11 is 0. The van der Waals surface area contributed by atoms with Gasteiger partial charge in [-0.1, -0.05) is 26.0 Å². The molecular formula is C15H24N2O5S2. The van der Waals surface area contributed by atoms with E-state index in [-0.39, 0.29) is 29.5 Å². The highest BCUT2D eigenvalue weighted by molar-refractivity contribution is 7.91. The van der Waals surface area contributed by atoms with Crippen LogP contribution in [0.2, 0.25) is 0 Å². The van der Waals surface area contributed by atoms with E-state index in [0.29, 0.717) is 5.92 Å². The molecule has 1 heterocycles. The van der Waals surface area contributed by atoms with Crippen LogP contribution in [-0.2, 0) is 19.9 Å². The summed E-state index contributed by atoms with van der Waals surface area (Å²) in [6, 6.07) is 6.16. The van der Waals surface area contributed by atoms with Crippen LogP contribution in [0.3, 0.4) is 0 Å². The molecule has 3 N–H and O–H groups in total. The molecule has 9 heteroatoms. The number of rotatable bonds is 7. The summed E-state index contributed by atoms with van der Waals surface area (Å²) in [6.07, 6.45) is -0.949. The third-order valence-corrected chi connectivity index (χ3v) is 7.20. The van der Waals surface area contributed by atoms with Gasteiger partial charge in [0.25, 0.3) is 0 Å². The fourth-order valence-corrected chi connectivity index (χ4v) is 5.39. The fourth-order valence-electron chi connectivity index (χ4n) is 2.58. The number of sulfone groups is 1. The Morgan fingerprint density at radius 1 is 1.17 bits per heavy atom. The smallest absolute Gasteiger partial charge is 0.240 e. The standard InChI is InChI=1S/C15H24N2O5S2/c1-11(2)12-3-5-13(6-4-12)24(21,22)17-8-7-16-14-9-23(19,20)10-15(14)18/h3-6,11,14-18H,7-10H2,1-2H3/t14-,15-/m1/s1. The van der Waals surface area contributed by atoms with Crippen molar-refractivity contribution in [2.45, 2.75) is 36.8 Å². The summed E-state index contributed by atoms with van der Waals surface area (Å²) in [6.45, 7) is 4.41. The van der Waals surface area contributed by atoms with E-state index in [9.17, 15) is 21.9 Å². The van der Waals surface area contributed by atoms with Gasteiger partial charge in [-0.3, -0.25) is 0 Å². The van der Waals surface area contributed by atoms with Gasteiger partial charge in [0.15, 0.2) is 9.84 Å². The zero-order chi connectivity index (χ0) is 18.0. The van der Waals surface area contributed by atoms with Crippen LogP contribution in [0.4, 0.5) is 0 Å². The zero-order valence-electron chi connectivity index (χ0n) is 13.8. The molecule has 1 aliphatic rings. The van der Waals surface area contributed by atoms with Gasteiger partial charge in [-0.2, -0.15) is 0 Å². The maximum atomic E-state index is 12.2. The lowest BCUT2D eigenvalue weighted by molar-refractivity contribution is 0.166. The van der Waals surface area contributed by atoms with Crippen molar-refractivity contribution in [3.05, 3.63) is 29.8 Å². The van der Waals surface area contributed by atoms with Crippen molar-refractivity contribution in [1.29, 1.82) is 0 Å². The Balaban J connectivity index is 1.85. The van der Waals surface area contributed by atoms with Crippen LogP contribution in [0.5, 0.6) is 0 Å². The first-order chi connectivity index (χ1) is 11.1. The summed E-state index contributed by atoms with van der Waals surface area (Å²) in [5, 5.41) is 12.5. The molecule has 0 radical (unpaired) electrons. The molecule has 0 unspecified atom stereocenters. The molecule has 2 atom stereocenters. The molecule has 0 aromatic heterocycles. The lowest BCUT2D eigenvalue weighted by atomic mass is 10.0. The minimum absolute atomic E-state index is 0.109. The normalized spacial score (nSPS) is 23.7. The topological polar surface area (TPSA) is 113 Å². The molecule has 1 aromatic carbocycles. The van der Waals surface area contributed by atoms with Gasteiger partial charge in [-0.05, 0) is 23.6 Å². The number of hydrogen-bond acceptors (Lipinski definition) is 6. The first-order valence-corrected chi connectivity index (χ1v) is 11.1. The summed E-state index contributed by atoms with van der Waals surface area (Å²) in [4.78, 5) is 0.190. The van der Waals surface area contributed by atoms with E-state index in [4.69, 9.17) is 0 Å². The Labute approximate surface area is 143 Å². The molecule has 24 heavy (non-hydrogen) atoms. The Bertz CT molecular complexity index is 758. The van der Waals surface area contributed by atoms with Crippen molar-refractivity contribution in [2.75, 3.05) is 24.6 Å². The van der Waals surface area contributed by atoms with E-state index in [1.807, 2.05) is 13.8 Å². The van der Waals surface area contributed by atoms with Gasteiger partial charge in [0.05, 0.1) is 22.5 Å². The highest BCUT2D eigenvalue weighted by Gasteiger charge is 2.35. The predicted octanol–water partition coefficient (Wildman–Crippen LogP) is -0.164. The van der Waals surface area contributed by atoms with Crippen molar-refractivity contribution in [3.8, 4) is 0 Å². The number of hydrogen-bond donors (Lipinski definition) is 3. The van der Waals surface area contributed by atoms with E-state index in [1.54, 1.807) is 24.3 Å². The van der Waals surface area contributed by atoms with Crippen LogP contribution >= 0.6 is 0 Å². The maximum Gasteiger partial charge on any atom is 0.240 e. The molecule has 1 aliphatic heterocycles. The molecule has 136 valence electrons. The lowest BCUT2D eigenvalue weighted by Gasteiger charge is -2.15. The second-order valence-corrected chi connectivity index (χ2v) is 10.2. The van der Waals surface area contributed by atoms with Crippen molar-refractivity contribution in [2.24, 2.45) is 0 Å². The average Bonchev–Trinajstić information content (AvgIpc) is 2.76. The van der Waals surface area contributed by atoms with Gasteiger partial charge in [-0.25, -0.2) is 21.6 Å². The second-order valence-electron chi connectivity index (χ2n) is 6.33. The Kier molecular flexibility index (Phi) is 6.03. The summed E-state index contributed by atoms with van der Waals surface area (Å²) in [5.74, 6) is -0.0519. The van der Waals surface area contributed by atoms with Crippen molar-refractivity contribution in [3.63, 3.8) is 0 Å². The number of sulfonamides is 1. The van der Waals surface area contributed by atoms with Gasteiger partial charge in [0.1, 0.15) is 0 Å². The monoisotopic (exact) mass is 376 g/mol. The molecule has 0 amide bonds. The van der Waals surface area contributed by atoms with Gasteiger partial charge < -0.3 is 10.4 Å². The van der Waals surface area contributed by atoms with E-state index in [1.165, 1.54) is 0 Å². The van der Waals surface area contributed by atoms with Crippen LogP contribution in [0, 0.1) is 0 Å². The van der Waals surface area contributed by atoms with E-state index in [0.717, 1.165) is 5.56 Å². The number of aliphatic hydroxyl groups is 1. The minimum Gasteiger partial charge on any atom is -0.390 e. The molecule has 0 bridgehead atoms. The molecule has 0 saturated carbocycles. The first-order valence-electron chi connectivity index (χ1n) is 7.82. The van der Waals surface area contributed by atoms with Gasteiger partial charge in [0, 0.05) is 19.1 Å². The predicted molar refractivity (Wildman–Crippen MR) is 92.2 cm³/mol. The summed E-state index contributed by atoms with van der Waals surface area (Å²) in [7, 11) is -6.82. The highest BCUT2D eigenvalue weighted by atomic mass is 32.2. The molecule has 1 fully saturated rings. The van der Waals surface area contributed by atoms with Gasteiger partial charge >= 0.3 is 0 Å². The SMILES string of the molecule is CC(C)c1ccc(S(=O)(=O)NCCN[C@@H]2CS(=O)(=O)C[C@H]2O)cc1. The van der Waals surface area contributed by atoms with Crippen LogP contribution in [0.15, 0.2) is 29.2 Å². The minimum atomic E-state index is -3.61.